The van der Waals surface area contributed by atoms with E-state index in [0.29, 0.717) is 23.2 Å². The van der Waals surface area contributed by atoms with Gasteiger partial charge in [-0.05, 0) is 43.7 Å². The molecule has 154 valence electrons. The minimum absolute atomic E-state index is 0.0979. The van der Waals surface area contributed by atoms with Gasteiger partial charge >= 0.3 is 0 Å². The van der Waals surface area contributed by atoms with Crippen LogP contribution in [0.2, 0.25) is 0 Å². The summed E-state index contributed by atoms with van der Waals surface area (Å²) in [6.07, 6.45) is 6.58. The van der Waals surface area contributed by atoms with Crippen LogP contribution in [0, 0.1) is 0 Å². The first-order valence-corrected chi connectivity index (χ1v) is 10.4. The number of para-hydroxylation sites is 1. The Morgan fingerprint density at radius 1 is 1.07 bits per heavy atom. The summed E-state index contributed by atoms with van der Waals surface area (Å²) in [5, 5.41) is 6.21. The van der Waals surface area contributed by atoms with Crippen LogP contribution in [-0.2, 0) is 11.3 Å². The molecule has 0 bridgehead atoms. The summed E-state index contributed by atoms with van der Waals surface area (Å²) in [7, 11) is 2.21. The zero-order valence-electron chi connectivity index (χ0n) is 16.9. The molecule has 0 unspecified atom stereocenters. The molecule has 0 radical (unpaired) electrons. The van der Waals surface area contributed by atoms with Crippen LogP contribution in [0.1, 0.15) is 37.7 Å². The Hall–Kier alpha value is -2.73. The molecule has 0 saturated heterocycles. The van der Waals surface area contributed by atoms with Crippen molar-refractivity contribution in [2.24, 2.45) is 0 Å². The molecular weight excluding hydrogens is 366 g/mol. The highest BCUT2D eigenvalue weighted by molar-refractivity contribution is 5.94. The number of anilines is 2. The molecule has 2 aromatic carbocycles. The number of ether oxygens (including phenoxy) is 2. The largest absolute Gasteiger partial charge is 0.454 e. The average molecular weight is 396 g/mol. The van der Waals surface area contributed by atoms with Crippen molar-refractivity contribution in [2.45, 2.75) is 44.7 Å². The monoisotopic (exact) mass is 395 g/mol. The first-order valence-electron chi connectivity index (χ1n) is 10.4. The van der Waals surface area contributed by atoms with E-state index in [1.807, 2.05) is 24.3 Å². The summed E-state index contributed by atoms with van der Waals surface area (Å²) in [6.45, 7) is 1.32. The van der Waals surface area contributed by atoms with Gasteiger partial charge in [0, 0.05) is 30.0 Å². The average Bonchev–Trinajstić information content (AvgIpc) is 3.21. The van der Waals surface area contributed by atoms with E-state index in [-0.39, 0.29) is 19.2 Å². The van der Waals surface area contributed by atoms with Gasteiger partial charge in [0.25, 0.3) is 0 Å². The fraction of sp³-hybridized carbons (Fsp3) is 0.435. The van der Waals surface area contributed by atoms with E-state index in [9.17, 15) is 4.79 Å². The van der Waals surface area contributed by atoms with Crippen LogP contribution in [0.5, 0.6) is 11.5 Å². The second-order valence-electron chi connectivity index (χ2n) is 7.83. The predicted molar refractivity (Wildman–Crippen MR) is 114 cm³/mol. The Labute approximate surface area is 172 Å². The molecule has 0 aromatic heterocycles. The quantitative estimate of drug-likeness (QED) is 0.735. The molecular formula is C23H29N3O3. The van der Waals surface area contributed by atoms with Crippen LogP contribution in [0.4, 0.5) is 11.4 Å². The zero-order valence-corrected chi connectivity index (χ0v) is 16.9. The first kappa shape index (κ1) is 19.6. The molecule has 6 nitrogen and oxygen atoms in total. The molecule has 0 atom stereocenters. The summed E-state index contributed by atoms with van der Waals surface area (Å²) in [5.74, 6) is 1.27. The van der Waals surface area contributed by atoms with E-state index < -0.39 is 0 Å². The number of benzene rings is 2. The summed E-state index contributed by atoms with van der Waals surface area (Å²) in [4.78, 5) is 14.9. The third-order valence-electron chi connectivity index (χ3n) is 5.73. The second kappa shape index (κ2) is 9.18. The number of hydrogen-bond donors (Lipinski definition) is 2. The molecule has 1 fully saturated rings. The molecule has 0 spiro atoms. The lowest BCUT2D eigenvalue weighted by Crippen LogP contribution is -2.33. The molecule has 1 aliphatic carbocycles. The highest BCUT2D eigenvalue weighted by Gasteiger charge is 2.19. The van der Waals surface area contributed by atoms with Crippen LogP contribution in [0.3, 0.4) is 0 Å². The van der Waals surface area contributed by atoms with Gasteiger partial charge in [0.05, 0.1) is 6.54 Å². The van der Waals surface area contributed by atoms with Crippen molar-refractivity contribution < 1.29 is 14.3 Å². The molecule has 2 aromatic rings. The normalized spacial score (nSPS) is 16.1. The smallest absolute Gasteiger partial charge is 0.243 e. The topological polar surface area (TPSA) is 62.8 Å². The van der Waals surface area contributed by atoms with Crippen molar-refractivity contribution in [1.29, 1.82) is 0 Å². The number of nitrogens with one attached hydrogen (secondary N) is 2. The van der Waals surface area contributed by atoms with Crippen LogP contribution >= 0.6 is 0 Å². The van der Waals surface area contributed by atoms with Crippen LogP contribution < -0.4 is 20.1 Å². The number of nitrogens with zero attached hydrogens (tertiary/aromatic N) is 1. The molecule has 6 heteroatoms. The number of carbonyl (C=O) groups is 1. The van der Waals surface area contributed by atoms with Gasteiger partial charge in [-0.3, -0.25) is 9.69 Å². The first-order chi connectivity index (χ1) is 14.2. The Balaban J connectivity index is 1.32. The highest BCUT2D eigenvalue weighted by atomic mass is 16.7. The van der Waals surface area contributed by atoms with Crippen molar-refractivity contribution in [3.63, 3.8) is 0 Å². The number of amides is 1. The molecule has 1 heterocycles. The van der Waals surface area contributed by atoms with Gasteiger partial charge in [0.2, 0.25) is 12.7 Å². The minimum Gasteiger partial charge on any atom is -0.454 e. The summed E-state index contributed by atoms with van der Waals surface area (Å²) < 4.78 is 10.7. The number of carbonyl (C=O) groups excluding carboxylic acids is 1. The van der Waals surface area contributed by atoms with Crippen LogP contribution in [-0.4, -0.2) is 37.2 Å². The maximum atomic E-state index is 12.4. The van der Waals surface area contributed by atoms with E-state index in [1.165, 1.54) is 37.7 Å². The second-order valence-corrected chi connectivity index (χ2v) is 7.83. The lowest BCUT2D eigenvalue weighted by molar-refractivity contribution is -0.114. The molecule has 2 N–H and O–H groups in total. The third kappa shape index (κ3) is 5.01. The van der Waals surface area contributed by atoms with Gasteiger partial charge in [-0.2, -0.15) is 0 Å². The third-order valence-corrected chi connectivity index (χ3v) is 5.73. The van der Waals surface area contributed by atoms with Gasteiger partial charge < -0.3 is 20.1 Å². The van der Waals surface area contributed by atoms with E-state index in [0.717, 1.165) is 12.2 Å². The summed E-state index contributed by atoms with van der Waals surface area (Å²) in [5.41, 5.74) is 2.93. The van der Waals surface area contributed by atoms with Gasteiger partial charge in [0.1, 0.15) is 0 Å². The van der Waals surface area contributed by atoms with E-state index in [4.69, 9.17) is 9.47 Å². The zero-order chi connectivity index (χ0) is 20.1. The standard InChI is InChI=1S/C23H29N3O3/c1-26(19-8-3-2-4-9-19)15-17-7-5-6-10-20(17)24-14-23(27)25-18-11-12-21-22(13-18)29-16-28-21/h5-7,10-13,19,24H,2-4,8-9,14-16H2,1H3,(H,25,27). The predicted octanol–water partition coefficient (Wildman–Crippen LogP) is 4.23. The van der Waals surface area contributed by atoms with Gasteiger partial charge in [-0.15, -0.1) is 0 Å². The van der Waals surface area contributed by atoms with Crippen molar-refractivity contribution >= 4 is 17.3 Å². The van der Waals surface area contributed by atoms with E-state index >= 15 is 0 Å². The number of hydrogen-bond acceptors (Lipinski definition) is 5. The molecule has 4 rings (SSSR count). The molecule has 1 amide bonds. The molecule has 1 saturated carbocycles. The lowest BCUT2D eigenvalue weighted by Gasteiger charge is -2.31. The SMILES string of the molecule is CN(Cc1ccccc1NCC(=O)Nc1ccc2c(c1)OCO2)C1CCCCC1. The Kier molecular flexibility index (Phi) is 6.20. The molecule has 2 aliphatic rings. The maximum absolute atomic E-state index is 12.4. The van der Waals surface area contributed by atoms with Crippen LogP contribution in [0.15, 0.2) is 42.5 Å². The fourth-order valence-corrected chi connectivity index (χ4v) is 4.11. The number of rotatable bonds is 7. The summed E-state index contributed by atoms with van der Waals surface area (Å²) >= 11 is 0. The fourth-order valence-electron chi connectivity index (χ4n) is 4.11. The van der Waals surface area contributed by atoms with Gasteiger partial charge in [0.15, 0.2) is 11.5 Å². The molecule has 29 heavy (non-hydrogen) atoms. The van der Waals surface area contributed by atoms with Crippen LogP contribution in [0.25, 0.3) is 0 Å². The van der Waals surface area contributed by atoms with Gasteiger partial charge in [-0.1, -0.05) is 37.5 Å². The Morgan fingerprint density at radius 2 is 1.86 bits per heavy atom. The van der Waals surface area contributed by atoms with Gasteiger partial charge in [-0.25, -0.2) is 0 Å². The van der Waals surface area contributed by atoms with Crippen molar-refractivity contribution in [2.75, 3.05) is 31.0 Å². The Morgan fingerprint density at radius 3 is 2.72 bits per heavy atom. The lowest BCUT2D eigenvalue weighted by atomic mass is 9.94. The summed E-state index contributed by atoms with van der Waals surface area (Å²) in [6, 6.07) is 14.3. The van der Waals surface area contributed by atoms with E-state index in [2.05, 4.69) is 34.7 Å². The van der Waals surface area contributed by atoms with Crippen molar-refractivity contribution in [3.05, 3.63) is 48.0 Å². The number of fused-ring (bicyclic) bond motifs is 1. The minimum atomic E-state index is -0.0979. The van der Waals surface area contributed by atoms with Crippen molar-refractivity contribution in [3.8, 4) is 11.5 Å². The van der Waals surface area contributed by atoms with E-state index in [1.54, 1.807) is 6.07 Å². The maximum Gasteiger partial charge on any atom is 0.243 e. The highest BCUT2D eigenvalue weighted by Crippen LogP contribution is 2.34. The van der Waals surface area contributed by atoms with Crippen molar-refractivity contribution in [1.82, 2.24) is 4.90 Å². The Bertz CT molecular complexity index is 849. The molecule has 1 aliphatic heterocycles.